The van der Waals surface area contributed by atoms with Crippen LogP contribution in [0.2, 0.25) is 0 Å². The second kappa shape index (κ2) is 19.8. The van der Waals surface area contributed by atoms with Gasteiger partial charge >= 0.3 is 12.1 Å². The summed E-state index contributed by atoms with van der Waals surface area (Å²) in [5, 5.41) is 22.9. The number of hydrogen-bond donors (Lipinski definition) is 5. The molecule has 12 heteroatoms. The number of aliphatic hydroxyl groups is 1. The van der Waals surface area contributed by atoms with Crippen molar-refractivity contribution in [2.75, 3.05) is 25.1 Å². The molecule has 0 unspecified atom stereocenters. The number of benzene rings is 5. The van der Waals surface area contributed by atoms with E-state index in [1.54, 1.807) is 24.3 Å². The number of amides is 4. The number of nitrogens with one attached hydrogen (secondary N) is 4. The third-order valence-electron chi connectivity index (χ3n) is 10.9. The maximum absolute atomic E-state index is 13.9. The molecule has 0 bridgehead atoms. The molecule has 12 nitrogen and oxygen atoms in total. The van der Waals surface area contributed by atoms with Gasteiger partial charge in [0, 0.05) is 18.0 Å². The fourth-order valence-electron chi connectivity index (χ4n) is 7.76. The highest BCUT2D eigenvalue weighted by atomic mass is 16.6. The minimum Gasteiger partial charge on any atom is -0.461 e. The van der Waals surface area contributed by atoms with Gasteiger partial charge in [-0.05, 0) is 76.4 Å². The molecule has 4 atom stereocenters. The molecule has 60 heavy (non-hydrogen) atoms. The number of cyclic esters (lactones) is 1. The molecule has 0 fully saturated rings. The molecule has 1 aliphatic carbocycles. The van der Waals surface area contributed by atoms with Crippen LogP contribution in [0.15, 0.2) is 133 Å². The fourth-order valence-corrected chi connectivity index (χ4v) is 7.76. The lowest BCUT2D eigenvalue weighted by Crippen LogP contribution is -2.51. The van der Waals surface area contributed by atoms with E-state index < -0.39 is 60.4 Å². The first-order chi connectivity index (χ1) is 29.2. The zero-order valence-electron chi connectivity index (χ0n) is 33.1. The van der Waals surface area contributed by atoms with E-state index in [0.29, 0.717) is 18.5 Å². The second-order valence-electron chi connectivity index (χ2n) is 15.1. The average Bonchev–Trinajstić information content (AvgIpc) is 3.59. The first-order valence-electron chi connectivity index (χ1n) is 20.2. The first kappa shape index (κ1) is 41.4. The molecule has 5 N–H and O–H groups in total. The number of carbonyl (C=O) groups is 5. The van der Waals surface area contributed by atoms with Crippen LogP contribution in [0, 0.1) is 5.92 Å². The maximum atomic E-state index is 13.9. The normalized spacial score (nSPS) is 18.6. The highest BCUT2D eigenvalue weighted by molar-refractivity contribution is 6.00. The Morgan fingerprint density at radius 3 is 2.23 bits per heavy atom. The molecule has 7 rings (SSSR count). The summed E-state index contributed by atoms with van der Waals surface area (Å²) in [5.41, 5.74) is 5.65. The van der Waals surface area contributed by atoms with Crippen LogP contribution in [0.3, 0.4) is 0 Å². The smallest absolute Gasteiger partial charge is 0.407 e. The average molecular weight is 809 g/mol. The highest BCUT2D eigenvalue weighted by Crippen LogP contribution is 2.44. The monoisotopic (exact) mass is 808 g/mol. The van der Waals surface area contributed by atoms with Crippen LogP contribution in [0.1, 0.15) is 48.3 Å². The molecule has 1 aliphatic heterocycles. The number of allylic oxidation sites excluding steroid dienone is 2. The number of fused-ring (bicyclic) bond motifs is 4. The molecule has 5 aromatic carbocycles. The molecule has 0 saturated heterocycles. The van der Waals surface area contributed by atoms with Gasteiger partial charge in [0.2, 0.25) is 11.8 Å². The highest BCUT2D eigenvalue weighted by Gasteiger charge is 2.32. The summed E-state index contributed by atoms with van der Waals surface area (Å²) in [7, 11) is 0. The van der Waals surface area contributed by atoms with Crippen LogP contribution < -0.4 is 21.3 Å². The van der Waals surface area contributed by atoms with Gasteiger partial charge in [-0.25, -0.2) is 9.59 Å². The van der Waals surface area contributed by atoms with Crippen molar-refractivity contribution in [3.05, 3.63) is 150 Å². The Balaban J connectivity index is 1.05. The van der Waals surface area contributed by atoms with E-state index >= 15 is 0 Å². The van der Waals surface area contributed by atoms with Crippen molar-refractivity contribution in [3.63, 3.8) is 0 Å². The summed E-state index contributed by atoms with van der Waals surface area (Å²) in [6.07, 6.45) is 3.47. The molecule has 0 aromatic heterocycles. The summed E-state index contributed by atoms with van der Waals surface area (Å²) < 4.78 is 11.4. The van der Waals surface area contributed by atoms with Crippen molar-refractivity contribution in [3.8, 4) is 11.1 Å². The Morgan fingerprint density at radius 1 is 0.817 bits per heavy atom. The molecule has 0 spiro atoms. The second-order valence-corrected chi connectivity index (χ2v) is 15.1. The number of alkyl carbamates (subject to hydrolysis) is 1. The Bertz CT molecular complexity index is 2320. The minimum absolute atomic E-state index is 0.0465. The van der Waals surface area contributed by atoms with Gasteiger partial charge in [-0.1, -0.05) is 121 Å². The van der Waals surface area contributed by atoms with Crippen LogP contribution in [-0.2, 0) is 35.1 Å². The van der Waals surface area contributed by atoms with E-state index in [4.69, 9.17) is 9.47 Å². The van der Waals surface area contributed by atoms with Gasteiger partial charge in [-0.2, -0.15) is 0 Å². The topological polar surface area (TPSA) is 172 Å². The molecule has 5 aromatic rings. The SMILES string of the molecule is O=C(C[C@H]1CC=CCC[C@H](NC(=O)OCC2c3ccccc3-c3ccccc32)C(=O)OC[C@@H](C(=O)Nc2ccc3ccccc3c2)NC1=O)N[C@H](CO)Cc1ccccc1. The van der Waals surface area contributed by atoms with Crippen molar-refractivity contribution in [1.29, 1.82) is 0 Å². The Labute approximate surface area is 348 Å². The number of ether oxygens (including phenoxy) is 2. The largest absolute Gasteiger partial charge is 0.461 e. The van der Waals surface area contributed by atoms with Crippen molar-refractivity contribution in [2.24, 2.45) is 5.92 Å². The standard InChI is InChI=1S/C48H48N4O8/c53-28-36(25-31-13-3-1-4-14-31)49-44(54)27-34-17-5-2-6-22-42(52-48(58)60-29-41-39-20-11-9-18-37(39)38-19-10-12-21-40(38)41)47(57)59-30-43(51-45(34)55)46(56)50-35-24-23-32-15-7-8-16-33(32)26-35/h1-5,7-16,18-21,23-24,26,34,36,41-43,53H,6,17,22,25,27-30H2,(H,49,54)(H,50,56)(H,51,55)(H,52,58)/t34-,36+,42+,43+/m1/s1. The van der Waals surface area contributed by atoms with E-state index in [0.717, 1.165) is 38.6 Å². The van der Waals surface area contributed by atoms with Crippen LogP contribution in [0.4, 0.5) is 10.5 Å². The number of carbonyl (C=O) groups excluding carboxylic acids is 5. The van der Waals surface area contributed by atoms with Crippen LogP contribution in [-0.4, -0.2) is 72.8 Å². The lowest BCUT2D eigenvalue weighted by molar-refractivity contribution is -0.148. The van der Waals surface area contributed by atoms with Gasteiger partial charge in [-0.15, -0.1) is 0 Å². The quantitative estimate of drug-likeness (QED) is 0.0778. The summed E-state index contributed by atoms with van der Waals surface area (Å²) in [6.45, 7) is -0.807. The minimum atomic E-state index is -1.36. The molecular weight excluding hydrogens is 761 g/mol. The van der Waals surface area contributed by atoms with Gasteiger partial charge in [0.1, 0.15) is 25.3 Å². The summed E-state index contributed by atoms with van der Waals surface area (Å²) >= 11 is 0. The molecule has 1 heterocycles. The van der Waals surface area contributed by atoms with Gasteiger partial charge in [-0.3, -0.25) is 14.4 Å². The maximum Gasteiger partial charge on any atom is 0.407 e. The zero-order chi connectivity index (χ0) is 41.8. The molecule has 308 valence electrons. The molecule has 4 amide bonds. The molecule has 0 radical (unpaired) electrons. The fraction of sp³-hybridized carbons (Fsp3) is 0.271. The van der Waals surface area contributed by atoms with Gasteiger partial charge in [0.05, 0.1) is 18.6 Å². The lowest BCUT2D eigenvalue weighted by Gasteiger charge is -2.23. The van der Waals surface area contributed by atoms with E-state index in [1.165, 1.54) is 0 Å². The van der Waals surface area contributed by atoms with Gasteiger partial charge < -0.3 is 35.8 Å². The number of rotatable bonds is 11. The first-order valence-corrected chi connectivity index (χ1v) is 20.2. The summed E-state index contributed by atoms with van der Waals surface area (Å²) in [6, 6.07) is 35.3. The third-order valence-corrected chi connectivity index (χ3v) is 10.9. The lowest BCUT2D eigenvalue weighted by atomic mass is 9.97. The number of hydrogen-bond acceptors (Lipinski definition) is 8. The Morgan fingerprint density at radius 2 is 1.50 bits per heavy atom. The van der Waals surface area contributed by atoms with Crippen LogP contribution >= 0.6 is 0 Å². The van der Waals surface area contributed by atoms with E-state index in [-0.39, 0.29) is 38.4 Å². The predicted octanol–water partition coefficient (Wildman–Crippen LogP) is 6.18. The number of esters is 1. The zero-order valence-corrected chi connectivity index (χ0v) is 33.1. The predicted molar refractivity (Wildman–Crippen MR) is 228 cm³/mol. The summed E-state index contributed by atoms with van der Waals surface area (Å²) in [5.74, 6) is -3.58. The van der Waals surface area contributed by atoms with Gasteiger partial charge in [0.25, 0.3) is 5.91 Å². The number of anilines is 1. The molecule has 0 saturated carbocycles. The third kappa shape index (κ3) is 10.4. The van der Waals surface area contributed by atoms with E-state index in [1.807, 2.05) is 109 Å². The van der Waals surface area contributed by atoms with Crippen LogP contribution in [0.25, 0.3) is 21.9 Å². The molecular formula is C48H48N4O8. The van der Waals surface area contributed by atoms with E-state index in [2.05, 4.69) is 21.3 Å². The summed E-state index contributed by atoms with van der Waals surface area (Å²) in [4.78, 5) is 68.0. The van der Waals surface area contributed by atoms with Crippen molar-refractivity contribution >= 4 is 46.2 Å². The van der Waals surface area contributed by atoms with Crippen molar-refractivity contribution < 1.29 is 38.6 Å². The van der Waals surface area contributed by atoms with Crippen molar-refractivity contribution in [2.45, 2.75) is 56.1 Å². The Kier molecular flexibility index (Phi) is 13.6. The van der Waals surface area contributed by atoms with Crippen LogP contribution in [0.5, 0.6) is 0 Å². The van der Waals surface area contributed by atoms with Crippen molar-refractivity contribution in [1.82, 2.24) is 16.0 Å². The molecule has 2 aliphatic rings. The Hall–Kier alpha value is -6.79. The van der Waals surface area contributed by atoms with Gasteiger partial charge in [0.15, 0.2) is 0 Å². The number of aliphatic hydroxyl groups excluding tert-OH is 1. The van der Waals surface area contributed by atoms with E-state index in [9.17, 15) is 29.1 Å².